The highest BCUT2D eigenvalue weighted by molar-refractivity contribution is 6.22. The van der Waals surface area contributed by atoms with Gasteiger partial charge in [0.15, 0.2) is 5.78 Å². The van der Waals surface area contributed by atoms with Crippen LogP contribution < -0.4 is 5.73 Å². The van der Waals surface area contributed by atoms with E-state index in [9.17, 15) is 24.5 Å². The summed E-state index contributed by atoms with van der Waals surface area (Å²) in [4.78, 5) is 46.7. The van der Waals surface area contributed by atoms with E-state index in [1.165, 1.54) is 31.2 Å². The molecule has 1 aromatic carbocycles. The van der Waals surface area contributed by atoms with Crippen LogP contribution in [0.2, 0.25) is 0 Å². The quantitative estimate of drug-likeness (QED) is 0.192. The van der Waals surface area contributed by atoms with Crippen LogP contribution in [-0.4, -0.2) is 36.9 Å². The third kappa shape index (κ3) is 5.00. The number of nitrogens with two attached hydrogens (primary N) is 1. The van der Waals surface area contributed by atoms with E-state index in [0.717, 1.165) is 20.3 Å². The van der Waals surface area contributed by atoms with Gasteiger partial charge in [-0.3, -0.25) is 14.9 Å². The van der Waals surface area contributed by atoms with Crippen molar-refractivity contribution in [3.05, 3.63) is 56.8 Å². The number of rotatable bonds is 7. The van der Waals surface area contributed by atoms with E-state index < -0.39 is 34.6 Å². The summed E-state index contributed by atoms with van der Waals surface area (Å²) in [6, 6.07) is 5.57. The van der Waals surface area contributed by atoms with Crippen LogP contribution in [0, 0.1) is 10.1 Å². The van der Waals surface area contributed by atoms with Gasteiger partial charge in [0.25, 0.3) is 5.69 Å². The summed E-state index contributed by atoms with van der Waals surface area (Å²) in [5, 5.41) is 11.1. The van der Waals surface area contributed by atoms with Crippen LogP contribution in [0.1, 0.15) is 18.9 Å². The van der Waals surface area contributed by atoms with Gasteiger partial charge in [0.2, 0.25) is 0 Å². The molecule has 0 atom stereocenters. The number of nitrogens with zero attached hydrogens (tertiary/aromatic N) is 1. The molecular weight excluding hydrogens is 344 g/mol. The minimum absolute atomic E-state index is 0.0410. The van der Waals surface area contributed by atoms with Crippen LogP contribution in [0.15, 0.2) is 41.1 Å². The van der Waals surface area contributed by atoms with E-state index in [1.54, 1.807) is 0 Å². The maximum absolute atomic E-state index is 12.5. The van der Waals surface area contributed by atoms with Gasteiger partial charge in [-0.05, 0) is 19.1 Å². The zero-order valence-electron chi connectivity index (χ0n) is 14.5. The van der Waals surface area contributed by atoms with Crippen molar-refractivity contribution < 1.29 is 28.8 Å². The van der Waals surface area contributed by atoms with Crippen LogP contribution in [-0.2, 0) is 23.9 Å². The second-order valence-electron chi connectivity index (χ2n) is 5.12. The fourth-order valence-corrected chi connectivity index (χ4v) is 2.05. The van der Waals surface area contributed by atoms with Gasteiger partial charge in [0.05, 0.1) is 30.3 Å². The van der Waals surface area contributed by atoms with Crippen molar-refractivity contribution >= 4 is 29.5 Å². The van der Waals surface area contributed by atoms with Gasteiger partial charge in [-0.1, -0.05) is 12.1 Å². The smallest absolute Gasteiger partial charge is 0.341 e. The molecule has 26 heavy (non-hydrogen) atoms. The van der Waals surface area contributed by atoms with E-state index in [0.29, 0.717) is 0 Å². The summed E-state index contributed by atoms with van der Waals surface area (Å²) >= 11 is 0. The van der Waals surface area contributed by atoms with Gasteiger partial charge in [-0.2, -0.15) is 0 Å². The first-order chi connectivity index (χ1) is 12.2. The Morgan fingerprint density at radius 3 is 2.23 bits per heavy atom. The number of para-hydroxylation sites is 1. The van der Waals surface area contributed by atoms with Gasteiger partial charge in [0.1, 0.15) is 5.57 Å². The second-order valence-corrected chi connectivity index (χ2v) is 5.12. The summed E-state index contributed by atoms with van der Waals surface area (Å²) in [5.41, 5.74) is 4.82. The molecule has 0 aliphatic heterocycles. The maximum Gasteiger partial charge on any atom is 0.341 e. The molecule has 0 fully saturated rings. The van der Waals surface area contributed by atoms with E-state index >= 15 is 0 Å². The number of hydrogen-bond donors (Lipinski definition) is 1. The molecule has 9 nitrogen and oxygen atoms in total. The van der Waals surface area contributed by atoms with E-state index in [2.05, 4.69) is 9.47 Å². The van der Waals surface area contributed by atoms with Gasteiger partial charge in [-0.15, -0.1) is 0 Å². The lowest BCUT2D eigenvalue weighted by Crippen LogP contribution is -2.19. The first-order valence-corrected chi connectivity index (χ1v) is 7.33. The molecule has 0 amide bonds. The number of carbonyl (C=O) groups is 3. The Labute approximate surface area is 149 Å². The average molecular weight is 362 g/mol. The lowest BCUT2D eigenvalue weighted by Gasteiger charge is -2.09. The fourth-order valence-electron chi connectivity index (χ4n) is 2.05. The lowest BCUT2D eigenvalue weighted by molar-refractivity contribution is -0.385. The third-order valence-electron chi connectivity index (χ3n) is 3.38. The lowest BCUT2D eigenvalue weighted by atomic mass is 9.99. The maximum atomic E-state index is 12.5. The monoisotopic (exact) mass is 362 g/mol. The Hall–Kier alpha value is -3.49. The third-order valence-corrected chi connectivity index (χ3v) is 3.38. The van der Waals surface area contributed by atoms with Crippen molar-refractivity contribution in [1.29, 1.82) is 0 Å². The van der Waals surface area contributed by atoms with E-state index in [-0.39, 0.29) is 22.5 Å². The van der Waals surface area contributed by atoms with Gasteiger partial charge < -0.3 is 15.2 Å². The summed E-state index contributed by atoms with van der Waals surface area (Å²) in [6.07, 6.45) is 0.531. The number of allylic oxidation sites excluding steroid dienone is 1. The number of carbonyl (C=O) groups excluding carboxylic acids is 3. The number of ketones is 1. The summed E-state index contributed by atoms with van der Waals surface area (Å²) in [5.74, 6) is -2.60. The highest BCUT2D eigenvalue weighted by atomic mass is 16.6. The number of Topliss-reactive ketones (excluding diaryl/α,β-unsaturated/α-hetero) is 1. The van der Waals surface area contributed by atoms with Crippen LogP contribution in [0.25, 0.3) is 6.08 Å². The molecule has 9 heteroatoms. The van der Waals surface area contributed by atoms with Crippen LogP contribution in [0.3, 0.4) is 0 Å². The molecule has 0 aliphatic carbocycles. The van der Waals surface area contributed by atoms with Crippen molar-refractivity contribution in [2.45, 2.75) is 13.3 Å². The average Bonchev–Trinajstić information content (AvgIpc) is 2.62. The molecule has 0 spiro atoms. The second kappa shape index (κ2) is 9.11. The topological polar surface area (TPSA) is 139 Å². The number of nitro benzene ring substituents is 1. The molecule has 0 radical (unpaired) electrons. The SMILES string of the molecule is COC(=O)/C(=C\c1ccccc1[N+](=O)[O-])C(=O)C/C(C(=O)OC)=C(/C)N. The highest BCUT2D eigenvalue weighted by Crippen LogP contribution is 2.22. The van der Waals surface area contributed by atoms with Gasteiger partial charge in [-0.25, -0.2) is 9.59 Å². The standard InChI is InChI=1S/C17H18N2O7/c1-10(18)12(16(21)25-2)9-15(20)13(17(22)26-3)8-11-6-4-5-7-14(11)19(23)24/h4-8H,9,18H2,1-3H3/b12-10+,13-8-. The molecule has 0 heterocycles. The number of nitro groups is 1. The molecule has 0 bridgehead atoms. The number of hydrogen-bond acceptors (Lipinski definition) is 8. The number of esters is 2. The number of ether oxygens (including phenoxy) is 2. The predicted octanol–water partition coefficient (Wildman–Crippen LogP) is 1.52. The van der Waals surface area contributed by atoms with Crippen molar-refractivity contribution in [2.75, 3.05) is 14.2 Å². The largest absolute Gasteiger partial charge is 0.466 e. The fraction of sp³-hybridized carbons (Fsp3) is 0.235. The molecule has 1 rings (SSSR count). The Morgan fingerprint density at radius 2 is 1.73 bits per heavy atom. The molecule has 138 valence electrons. The molecule has 0 unspecified atom stereocenters. The molecule has 1 aromatic rings. The summed E-state index contributed by atoms with van der Waals surface area (Å²) in [6.45, 7) is 1.41. The first-order valence-electron chi connectivity index (χ1n) is 7.33. The zero-order chi connectivity index (χ0) is 19.9. The molecule has 2 N–H and O–H groups in total. The molecule has 0 aliphatic rings. The Bertz CT molecular complexity index is 805. The van der Waals surface area contributed by atoms with Crippen molar-refractivity contribution in [2.24, 2.45) is 5.73 Å². The first kappa shape index (κ1) is 20.6. The van der Waals surface area contributed by atoms with Gasteiger partial charge >= 0.3 is 11.9 Å². The van der Waals surface area contributed by atoms with Crippen LogP contribution >= 0.6 is 0 Å². The van der Waals surface area contributed by atoms with Gasteiger partial charge in [0, 0.05) is 18.2 Å². The molecule has 0 aromatic heterocycles. The normalized spacial score (nSPS) is 12.0. The molecular formula is C17H18N2O7. The summed E-state index contributed by atoms with van der Waals surface area (Å²) in [7, 11) is 2.19. The number of benzene rings is 1. The Kier molecular flexibility index (Phi) is 7.20. The van der Waals surface area contributed by atoms with E-state index in [4.69, 9.17) is 5.73 Å². The minimum atomic E-state index is -0.993. The van der Waals surface area contributed by atoms with Crippen molar-refractivity contribution in [1.82, 2.24) is 0 Å². The van der Waals surface area contributed by atoms with Crippen molar-refractivity contribution in [3.63, 3.8) is 0 Å². The van der Waals surface area contributed by atoms with Crippen LogP contribution in [0.4, 0.5) is 5.69 Å². The van der Waals surface area contributed by atoms with Crippen LogP contribution in [0.5, 0.6) is 0 Å². The highest BCUT2D eigenvalue weighted by Gasteiger charge is 2.25. The van der Waals surface area contributed by atoms with E-state index in [1.807, 2.05) is 0 Å². The predicted molar refractivity (Wildman–Crippen MR) is 91.6 cm³/mol. The Morgan fingerprint density at radius 1 is 1.15 bits per heavy atom. The van der Waals surface area contributed by atoms with Crippen molar-refractivity contribution in [3.8, 4) is 0 Å². The zero-order valence-corrected chi connectivity index (χ0v) is 14.5. The Balaban J connectivity index is 3.38. The number of methoxy groups -OCH3 is 2. The molecule has 0 saturated carbocycles. The minimum Gasteiger partial charge on any atom is -0.466 e. The summed E-state index contributed by atoms with van der Waals surface area (Å²) < 4.78 is 9.13. The molecule has 0 saturated heterocycles.